The zero-order valence-electron chi connectivity index (χ0n) is 11.1. The van der Waals surface area contributed by atoms with Gasteiger partial charge in [-0.15, -0.1) is 0 Å². The van der Waals surface area contributed by atoms with Crippen LogP contribution in [0.2, 0.25) is 0 Å². The van der Waals surface area contributed by atoms with Crippen LogP contribution in [0.1, 0.15) is 41.5 Å². The molecule has 92 valence electrons. The number of hydrogen-bond acceptors (Lipinski definition) is 3. The van der Waals surface area contributed by atoms with Crippen molar-refractivity contribution in [1.82, 2.24) is 0 Å². The molecule has 0 aromatic carbocycles. The third-order valence-electron chi connectivity index (χ3n) is 1.48. The number of ether oxygens (including phenoxy) is 3. The summed E-state index contributed by atoms with van der Waals surface area (Å²) in [6.07, 6.45) is 0. The van der Waals surface area contributed by atoms with Gasteiger partial charge in [-0.1, -0.05) is 20.8 Å². The van der Waals surface area contributed by atoms with Crippen LogP contribution < -0.4 is 0 Å². The van der Waals surface area contributed by atoms with E-state index in [9.17, 15) is 0 Å². The molecule has 0 aliphatic carbocycles. The first kappa shape index (κ1) is 14.9. The summed E-state index contributed by atoms with van der Waals surface area (Å²) in [6.45, 7) is 14.8. The van der Waals surface area contributed by atoms with E-state index >= 15 is 0 Å². The summed E-state index contributed by atoms with van der Waals surface area (Å²) in [4.78, 5) is 0. The molecule has 0 unspecified atom stereocenters. The normalized spacial score (nSPS) is 13.2. The van der Waals surface area contributed by atoms with Gasteiger partial charge in [0.15, 0.2) is 0 Å². The molecule has 3 nitrogen and oxygen atoms in total. The van der Waals surface area contributed by atoms with Crippen molar-refractivity contribution in [2.24, 2.45) is 5.41 Å². The molecule has 0 aromatic rings. The Morgan fingerprint density at radius 1 is 0.800 bits per heavy atom. The van der Waals surface area contributed by atoms with Crippen LogP contribution in [0.25, 0.3) is 0 Å². The molecule has 0 N–H and O–H groups in total. The quantitative estimate of drug-likeness (QED) is 0.507. The molecule has 0 radical (unpaired) electrons. The van der Waals surface area contributed by atoms with Gasteiger partial charge in [-0.3, -0.25) is 0 Å². The van der Waals surface area contributed by atoms with Crippen molar-refractivity contribution < 1.29 is 14.2 Å². The second-order valence-corrected chi connectivity index (χ2v) is 5.90. The van der Waals surface area contributed by atoms with E-state index in [1.807, 2.05) is 20.8 Å². The molecular weight excluding hydrogens is 192 g/mol. The van der Waals surface area contributed by atoms with Gasteiger partial charge in [0.25, 0.3) is 0 Å². The molecule has 0 aliphatic heterocycles. The molecule has 0 fully saturated rings. The van der Waals surface area contributed by atoms with E-state index in [0.717, 1.165) is 6.61 Å². The Morgan fingerprint density at radius 2 is 1.33 bits per heavy atom. The molecule has 0 aromatic heterocycles. The topological polar surface area (TPSA) is 27.7 Å². The summed E-state index contributed by atoms with van der Waals surface area (Å²) in [6, 6.07) is 0. The molecule has 0 heterocycles. The van der Waals surface area contributed by atoms with Crippen LogP contribution in [0.3, 0.4) is 0 Å². The second-order valence-electron chi connectivity index (χ2n) is 5.90. The molecule has 3 heteroatoms. The van der Waals surface area contributed by atoms with Crippen LogP contribution >= 0.6 is 0 Å². The van der Waals surface area contributed by atoms with Crippen LogP contribution in [0.5, 0.6) is 0 Å². The minimum Gasteiger partial charge on any atom is -0.379 e. The predicted octanol–water partition coefficient (Wildman–Crippen LogP) is 2.84. The van der Waals surface area contributed by atoms with Crippen LogP contribution in [-0.4, -0.2) is 32.2 Å². The van der Waals surface area contributed by atoms with Crippen LogP contribution in [0.4, 0.5) is 0 Å². The van der Waals surface area contributed by atoms with Crippen LogP contribution in [0, 0.1) is 5.41 Å². The van der Waals surface area contributed by atoms with E-state index in [2.05, 4.69) is 20.8 Å². The van der Waals surface area contributed by atoms with Crippen molar-refractivity contribution in [3.05, 3.63) is 0 Å². The fraction of sp³-hybridized carbons (Fsp3) is 1.00. The minimum atomic E-state index is -0.133. The summed E-state index contributed by atoms with van der Waals surface area (Å²) < 4.78 is 16.1. The summed E-state index contributed by atoms with van der Waals surface area (Å²) in [5, 5.41) is 0. The molecule has 0 saturated heterocycles. The first-order chi connectivity index (χ1) is 6.71. The van der Waals surface area contributed by atoms with Crippen LogP contribution in [-0.2, 0) is 14.2 Å². The molecule has 0 saturated carbocycles. The van der Waals surface area contributed by atoms with Crippen LogP contribution in [0.15, 0.2) is 0 Å². The number of rotatable bonds is 6. The SMILES string of the molecule is CC(C)(C)COCCOCOC(C)(C)C. The molecule has 0 bridgehead atoms. The van der Waals surface area contributed by atoms with E-state index in [1.54, 1.807) is 0 Å². The van der Waals surface area contributed by atoms with Crippen molar-refractivity contribution in [2.45, 2.75) is 47.1 Å². The summed E-state index contributed by atoms with van der Waals surface area (Å²) in [7, 11) is 0. The fourth-order valence-electron chi connectivity index (χ4n) is 0.774. The standard InChI is InChI=1S/C12H26O3/c1-11(2,3)9-13-7-8-14-10-15-12(4,5)6/h7-10H2,1-6H3. The Hall–Kier alpha value is -0.120. The fourth-order valence-corrected chi connectivity index (χ4v) is 0.774. The molecule has 0 spiro atoms. The molecule has 0 rings (SSSR count). The van der Waals surface area contributed by atoms with Gasteiger partial charge in [-0.25, -0.2) is 0 Å². The van der Waals surface area contributed by atoms with Gasteiger partial charge in [0.2, 0.25) is 0 Å². The maximum atomic E-state index is 5.45. The highest BCUT2D eigenvalue weighted by Crippen LogP contribution is 2.12. The maximum Gasteiger partial charge on any atom is 0.147 e. The lowest BCUT2D eigenvalue weighted by Crippen LogP contribution is -2.22. The van der Waals surface area contributed by atoms with Crippen molar-refractivity contribution in [3.8, 4) is 0 Å². The monoisotopic (exact) mass is 218 g/mol. The highest BCUT2D eigenvalue weighted by atomic mass is 16.7. The lowest BCUT2D eigenvalue weighted by atomic mass is 9.99. The predicted molar refractivity (Wildman–Crippen MR) is 61.9 cm³/mol. The Labute approximate surface area is 94.1 Å². The summed E-state index contributed by atoms with van der Waals surface area (Å²) in [5.74, 6) is 0. The second kappa shape index (κ2) is 6.46. The average Bonchev–Trinajstić information content (AvgIpc) is 1.98. The van der Waals surface area contributed by atoms with Crippen molar-refractivity contribution in [2.75, 3.05) is 26.6 Å². The number of hydrogen-bond donors (Lipinski definition) is 0. The minimum absolute atomic E-state index is 0.133. The maximum absolute atomic E-state index is 5.45. The smallest absolute Gasteiger partial charge is 0.147 e. The van der Waals surface area contributed by atoms with Crippen molar-refractivity contribution >= 4 is 0 Å². The Bertz CT molecular complexity index is 135. The molecule has 0 aliphatic rings. The van der Waals surface area contributed by atoms with Crippen molar-refractivity contribution in [1.29, 1.82) is 0 Å². The first-order valence-electron chi connectivity index (χ1n) is 5.50. The van der Waals surface area contributed by atoms with Gasteiger partial charge in [0.1, 0.15) is 6.79 Å². The van der Waals surface area contributed by atoms with E-state index in [1.165, 1.54) is 0 Å². The molecule has 0 atom stereocenters. The molecule has 0 amide bonds. The van der Waals surface area contributed by atoms with Gasteiger partial charge in [-0.2, -0.15) is 0 Å². The Balaban J connectivity index is 3.20. The van der Waals surface area contributed by atoms with Gasteiger partial charge >= 0.3 is 0 Å². The zero-order chi connectivity index (χ0) is 11.9. The highest BCUT2D eigenvalue weighted by molar-refractivity contribution is 4.58. The zero-order valence-corrected chi connectivity index (χ0v) is 11.1. The van der Waals surface area contributed by atoms with Gasteiger partial charge in [0.05, 0.1) is 25.4 Å². The van der Waals surface area contributed by atoms with E-state index in [4.69, 9.17) is 14.2 Å². The Kier molecular flexibility index (Phi) is 6.41. The summed E-state index contributed by atoms with van der Waals surface area (Å²) >= 11 is 0. The van der Waals surface area contributed by atoms with E-state index < -0.39 is 0 Å². The van der Waals surface area contributed by atoms with E-state index in [-0.39, 0.29) is 11.0 Å². The van der Waals surface area contributed by atoms with Gasteiger partial charge in [0, 0.05) is 0 Å². The Morgan fingerprint density at radius 3 is 1.80 bits per heavy atom. The largest absolute Gasteiger partial charge is 0.379 e. The lowest BCUT2D eigenvalue weighted by molar-refractivity contribution is -0.128. The first-order valence-corrected chi connectivity index (χ1v) is 5.50. The van der Waals surface area contributed by atoms with E-state index in [0.29, 0.717) is 20.0 Å². The van der Waals surface area contributed by atoms with Gasteiger partial charge < -0.3 is 14.2 Å². The highest BCUT2D eigenvalue weighted by Gasteiger charge is 2.10. The molecular formula is C12H26O3. The van der Waals surface area contributed by atoms with Crippen molar-refractivity contribution in [3.63, 3.8) is 0 Å². The lowest BCUT2D eigenvalue weighted by Gasteiger charge is -2.20. The summed E-state index contributed by atoms with van der Waals surface area (Å²) in [5.41, 5.74) is 0.0914. The molecule has 15 heavy (non-hydrogen) atoms. The third kappa shape index (κ3) is 13.9. The average molecular weight is 218 g/mol. The third-order valence-corrected chi connectivity index (χ3v) is 1.48. The van der Waals surface area contributed by atoms with Gasteiger partial charge in [-0.05, 0) is 26.2 Å².